The molecule has 3 nitrogen and oxygen atoms in total. The van der Waals surface area contributed by atoms with E-state index in [0.717, 1.165) is 12.6 Å². The van der Waals surface area contributed by atoms with Crippen molar-refractivity contribution in [3.63, 3.8) is 0 Å². The molecule has 1 atom stereocenters. The molecule has 0 bridgehead atoms. The number of nitrogens with one attached hydrogen (secondary N) is 1. The van der Waals surface area contributed by atoms with E-state index in [1.165, 1.54) is 12.8 Å². The molecule has 2 rings (SSSR count). The molecule has 2 N–H and O–H groups in total. The quantitative estimate of drug-likeness (QED) is 0.735. The number of rotatable bonds is 9. The lowest BCUT2D eigenvalue weighted by molar-refractivity contribution is 0.182. The summed E-state index contributed by atoms with van der Waals surface area (Å²) in [6.45, 7) is 4.21. The summed E-state index contributed by atoms with van der Waals surface area (Å²) in [6, 6.07) is 4.68. The number of aliphatic hydroxyl groups is 1. The summed E-state index contributed by atoms with van der Waals surface area (Å²) in [5.74, 6) is -1.56. The van der Waals surface area contributed by atoms with Gasteiger partial charge in [-0.05, 0) is 31.9 Å². The largest absolute Gasteiger partial charge is 0.395 e. The predicted octanol–water partition coefficient (Wildman–Crippen LogP) is 2.46. The molecule has 0 spiro atoms. The van der Waals surface area contributed by atoms with Gasteiger partial charge >= 0.3 is 0 Å². The number of hydrogen-bond donors (Lipinski definition) is 2. The number of benzene rings is 1. The monoisotopic (exact) mass is 298 g/mol. The van der Waals surface area contributed by atoms with Crippen LogP contribution in [0.15, 0.2) is 18.2 Å². The van der Waals surface area contributed by atoms with Gasteiger partial charge in [0, 0.05) is 30.7 Å². The van der Waals surface area contributed by atoms with E-state index in [1.54, 1.807) is 12.1 Å². The van der Waals surface area contributed by atoms with Crippen molar-refractivity contribution in [1.29, 1.82) is 0 Å². The minimum Gasteiger partial charge on any atom is -0.395 e. The third kappa shape index (κ3) is 4.46. The van der Waals surface area contributed by atoms with Crippen molar-refractivity contribution >= 4 is 0 Å². The maximum absolute atomic E-state index is 13.9. The molecule has 1 aromatic rings. The molecule has 118 valence electrons. The third-order valence-electron chi connectivity index (χ3n) is 3.96. The van der Waals surface area contributed by atoms with Gasteiger partial charge in [-0.15, -0.1) is 0 Å². The molecule has 0 heterocycles. The molecule has 1 aliphatic carbocycles. The van der Waals surface area contributed by atoms with Crippen LogP contribution < -0.4 is 5.32 Å². The zero-order valence-corrected chi connectivity index (χ0v) is 12.5. The summed E-state index contributed by atoms with van der Waals surface area (Å²) in [5, 5.41) is 12.3. The second kappa shape index (κ2) is 7.82. The number of nitrogens with zero attached hydrogens (tertiary/aromatic N) is 1. The first-order valence-electron chi connectivity index (χ1n) is 7.69. The van der Waals surface area contributed by atoms with E-state index in [4.69, 9.17) is 5.11 Å². The summed E-state index contributed by atoms with van der Waals surface area (Å²) in [7, 11) is 0. The Morgan fingerprint density at radius 2 is 2.10 bits per heavy atom. The summed E-state index contributed by atoms with van der Waals surface area (Å²) in [6.07, 6.45) is 3.03. The van der Waals surface area contributed by atoms with E-state index in [9.17, 15) is 8.78 Å². The van der Waals surface area contributed by atoms with Gasteiger partial charge < -0.3 is 10.4 Å². The maximum atomic E-state index is 13.9. The Labute approximate surface area is 125 Å². The van der Waals surface area contributed by atoms with Gasteiger partial charge in [0.1, 0.15) is 0 Å². The lowest BCUT2D eigenvalue weighted by Gasteiger charge is -2.25. The fraction of sp³-hybridized carbons (Fsp3) is 0.625. The topological polar surface area (TPSA) is 35.5 Å². The van der Waals surface area contributed by atoms with Gasteiger partial charge in [0.15, 0.2) is 11.6 Å². The average Bonchev–Trinajstić information content (AvgIpc) is 3.30. The molecule has 1 fully saturated rings. The van der Waals surface area contributed by atoms with E-state index in [2.05, 4.69) is 10.2 Å². The first-order valence-corrected chi connectivity index (χ1v) is 7.69. The van der Waals surface area contributed by atoms with E-state index in [-0.39, 0.29) is 12.6 Å². The van der Waals surface area contributed by atoms with Crippen LogP contribution in [0, 0.1) is 11.6 Å². The molecule has 5 heteroatoms. The number of aliphatic hydroxyl groups excluding tert-OH is 1. The van der Waals surface area contributed by atoms with Crippen LogP contribution in [0.4, 0.5) is 8.78 Å². The molecule has 0 radical (unpaired) electrons. The van der Waals surface area contributed by atoms with E-state index in [1.807, 2.05) is 6.92 Å². The molecule has 1 unspecified atom stereocenters. The molecule has 21 heavy (non-hydrogen) atoms. The van der Waals surface area contributed by atoms with Crippen LogP contribution in [0.2, 0.25) is 0 Å². The third-order valence-corrected chi connectivity index (χ3v) is 3.96. The highest BCUT2D eigenvalue weighted by Crippen LogP contribution is 2.28. The minimum atomic E-state index is -0.801. The SMILES string of the molecule is CCNC(CCN(CCO)C1CC1)c1cccc(F)c1F. The summed E-state index contributed by atoms with van der Waals surface area (Å²) in [5.41, 5.74) is 0.386. The lowest BCUT2D eigenvalue weighted by atomic mass is 10.0. The second-order valence-electron chi connectivity index (χ2n) is 5.53. The van der Waals surface area contributed by atoms with Gasteiger partial charge in [-0.3, -0.25) is 4.90 Å². The van der Waals surface area contributed by atoms with Crippen LogP contribution in [0.5, 0.6) is 0 Å². The Bertz CT molecular complexity index is 452. The van der Waals surface area contributed by atoms with Crippen LogP contribution in [0.1, 0.15) is 37.8 Å². The highest BCUT2D eigenvalue weighted by atomic mass is 19.2. The van der Waals surface area contributed by atoms with Crippen molar-refractivity contribution in [2.45, 2.75) is 38.3 Å². The first-order chi connectivity index (χ1) is 10.2. The van der Waals surface area contributed by atoms with Crippen LogP contribution in [0.3, 0.4) is 0 Å². The summed E-state index contributed by atoms with van der Waals surface area (Å²) in [4.78, 5) is 2.24. The molecular weight excluding hydrogens is 274 g/mol. The molecule has 0 aliphatic heterocycles. The van der Waals surface area contributed by atoms with Crippen molar-refractivity contribution in [2.75, 3.05) is 26.2 Å². The fourth-order valence-electron chi connectivity index (χ4n) is 2.74. The van der Waals surface area contributed by atoms with Gasteiger partial charge in [0.25, 0.3) is 0 Å². The minimum absolute atomic E-state index is 0.136. The van der Waals surface area contributed by atoms with Crippen LogP contribution in [-0.2, 0) is 0 Å². The fourth-order valence-corrected chi connectivity index (χ4v) is 2.74. The molecular formula is C16H24F2N2O. The molecule has 0 aromatic heterocycles. The van der Waals surface area contributed by atoms with E-state index >= 15 is 0 Å². The van der Waals surface area contributed by atoms with E-state index in [0.29, 0.717) is 31.1 Å². The first kappa shape index (κ1) is 16.3. The lowest BCUT2D eigenvalue weighted by Crippen LogP contribution is -2.33. The van der Waals surface area contributed by atoms with Gasteiger partial charge in [-0.25, -0.2) is 8.78 Å². The normalized spacial score (nSPS) is 16.4. The predicted molar refractivity (Wildman–Crippen MR) is 79.1 cm³/mol. The number of halogens is 2. The van der Waals surface area contributed by atoms with Crippen molar-refractivity contribution in [3.05, 3.63) is 35.4 Å². The zero-order valence-electron chi connectivity index (χ0n) is 12.5. The Kier molecular flexibility index (Phi) is 6.08. The van der Waals surface area contributed by atoms with Crippen molar-refractivity contribution in [3.8, 4) is 0 Å². The number of hydrogen-bond acceptors (Lipinski definition) is 3. The summed E-state index contributed by atoms with van der Waals surface area (Å²) < 4.78 is 27.3. The molecule has 1 saturated carbocycles. The average molecular weight is 298 g/mol. The Morgan fingerprint density at radius 1 is 1.33 bits per heavy atom. The Hall–Kier alpha value is -1.04. The van der Waals surface area contributed by atoms with Crippen molar-refractivity contribution < 1.29 is 13.9 Å². The van der Waals surface area contributed by atoms with Crippen molar-refractivity contribution in [1.82, 2.24) is 10.2 Å². The van der Waals surface area contributed by atoms with Crippen LogP contribution >= 0.6 is 0 Å². The molecule has 1 aromatic carbocycles. The highest BCUT2D eigenvalue weighted by molar-refractivity contribution is 5.22. The van der Waals surface area contributed by atoms with Gasteiger partial charge in [0.05, 0.1) is 6.61 Å². The molecule has 0 saturated heterocycles. The van der Waals surface area contributed by atoms with Gasteiger partial charge in [-0.1, -0.05) is 19.1 Å². The zero-order chi connectivity index (χ0) is 15.2. The smallest absolute Gasteiger partial charge is 0.163 e. The summed E-state index contributed by atoms with van der Waals surface area (Å²) >= 11 is 0. The van der Waals surface area contributed by atoms with E-state index < -0.39 is 11.6 Å². The van der Waals surface area contributed by atoms with Gasteiger partial charge in [0.2, 0.25) is 0 Å². The molecule has 1 aliphatic rings. The van der Waals surface area contributed by atoms with Crippen LogP contribution in [0.25, 0.3) is 0 Å². The highest BCUT2D eigenvalue weighted by Gasteiger charge is 2.29. The maximum Gasteiger partial charge on any atom is 0.163 e. The second-order valence-corrected chi connectivity index (χ2v) is 5.53. The Balaban J connectivity index is 2.02. The Morgan fingerprint density at radius 3 is 2.71 bits per heavy atom. The van der Waals surface area contributed by atoms with Crippen LogP contribution in [-0.4, -0.2) is 42.3 Å². The standard InChI is InChI=1S/C16H24F2N2O/c1-2-19-15(13-4-3-5-14(17)16(13)18)8-9-20(10-11-21)12-6-7-12/h3-5,12,15,19,21H,2,6-11H2,1H3. The van der Waals surface area contributed by atoms with Gasteiger partial charge in [-0.2, -0.15) is 0 Å². The molecule has 0 amide bonds. The van der Waals surface area contributed by atoms with Crippen molar-refractivity contribution in [2.24, 2.45) is 0 Å².